The Morgan fingerprint density at radius 3 is 2.36 bits per heavy atom. The molecule has 0 aliphatic rings. The number of esters is 1. The van der Waals surface area contributed by atoms with E-state index in [4.69, 9.17) is 19.9 Å². The van der Waals surface area contributed by atoms with Gasteiger partial charge in [0.25, 0.3) is 7.48 Å². The quantitative estimate of drug-likeness (QED) is 0.0877. The van der Waals surface area contributed by atoms with Crippen molar-refractivity contribution in [3.05, 3.63) is 55.1 Å². The average molecular weight is 519 g/mol. The third-order valence-electron chi connectivity index (χ3n) is 5.15. The number of hydrogen-bond acceptors (Lipinski definition) is 8. The summed E-state index contributed by atoms with van der Waals surface area (Å²) in [5.74, 6) is -0.535. The Morgan fingerprint density at radius 1 is 1.11 bits per heavy atom. The SMILES string of the molecule is C=CCOc1ccc(C[C@H](BOCN)C(=O)N[C@H](C(=O)N[C@@H](CSCC=C)C(=O)OC)C(C)C)cc1. The Morgan fingerprint density at radius 2 is 1.81 bits per heavy atom. The van der Waals surface area contributed by atoms with Gasteiger partial charge in [0.1, 0.15) is 24.4 Å². The summed E-state index contributed by atoms with van der Waals surface area (Å²) >= 11 is 1.44. The fourth-order valence-corrected chi connectivity index (χ4v) is 4.00. The molecule has 11 heteroatoms. The minimum absolute atomic E-state index is 0.0324. The second kappa shape index (κ2) is 17.6. The van der Waals surface area contributed by atoms with E-state index in [-0.39, 0.29) is 26.0 Å². The van der Waals surface area contributed by atoms with Crippen molar-refractivity contribution < 1.29 is 28.5 Å². The lowest BCUT2D eigenvalue weighted by Gasteiger charge is -2.26. The van der Waals surface area contributed by atoms with E-state index in [0.29, 0.717) is 30.3 Å². The summed E-state index contributed by atoms with van der Waals surface area (Å²) in [6.07, 6.45) is 3.75. The zero-order valence-corrected chi connectivity index (χ0v) is 22.2. The summed E-state index contributed by atoms with van der Waals surface area (Å²) in [5.41, 5.74) is 6.39. The molecule has 0 saturated carbocycles. The molecule has 1 rings (SSSR count). The van der Waals surface area contributed by atoms with Gasteiger partial charge in [0.15, 0.2) is 0 Å². The van der Waals surface area contributed by atoms with Gasteiger partial charge >= 0.3 is 5.97 Å². The summed E-state index contributed by atoms with van der Waals surface area (Å²) in [7, 11) is 1.36. The molecule has 0 unspecified atom stereocenters. The van der Waals surface area contributed by atoms with E-state index in [1.54, 1.807) is 12.2 Å². The molecule has 3 atom stereocenters. The van der Waals surface area contributed by atoms with Crippen LogP contribution in [0.25, 0.3) is 0 Å². The van der Waals surface area contributed by atoms with Gasteiger partial charge in [0.05, 0.1) is 13.8 Å². The van der Waals surface area contributed by atoms with Crippen LogP contribution in [0, 0.1) is 5.92 Å². The van der Waals surface area contributed by atoms with Crippen LogP contribution in [0.3, 0.4) is 0 Å². The number of rotatable bonds is 18. The van der Waals surface area contributed by atoms with E-state index in [9.17, 15) is 14.4 Å². The van der Waals surface area contributed by atoms with Gasteiger partial charge in [-0.05, 0) is 30.0 Å². The highest BCUT2D eigenvalue weighted by Crippen LogP contribution is 2.19. The van der Waals surface area contributed by atoms with Gasteiger partial charge in [-0.2, -0.15) is 11.8 Å². The van der Waals surface area contributed by atoms with Gasteiger partial charge in [-0.15, -0.1) is 6.58 Å². The number of nitrogens with two attached hydrogens (primary N) is 1. The van der Waals surface area contributed by atoms with Gasteiger partial charge in [-0.25, -0.2) is 4.79 Å². The monoisotopic (exact) mass is 519 g/mol. The molecule has 0 aromatic heterocycles. The van der Waals surface area contributed by atoms with E-state index in [1.807, 2.05) is 38.1 Å². The maximum Gasteiger partial charge on any atom is 0.329 e. The molecule has 0 fully saturated rings. The molecular formula is C25H38BN3O6S. The fraction of sp³-hybridized carbons (Fsp3) is 0.480. The number of hydrogen-bond donors (Lipinski definition) is 3. The molecule has 1 aromatic rings. The predicted octanol–water partition coefficient (Wildman–Crippen LogP) is 1.58. The Labute approximate surface area is 218 Å². The minimum Gasteiger partial charge on any atom is -0.490 e. The second-order valence-electron chi connectivity index (χ2n) is 8.32. The number of thioether (sulfide) groups is 1. The zero-order valence-electron chi connectivity index (χ0n) is 21.4. The molecule has 0 spiro atoms. The molecule has 0 aliphatic heterocycles. The molecule has 1 aromatic carbocycles. The molecule has 0 saturated heterocycles. The molecule has 0 aliphatic carbocycles. The van der Waals surface area contributed by atoms with Gasteiger partial charge in [-0.1, -0.05) is 44.7 Å². The normalized spacial score (nSPS) is 13.1. The molecule has 36 heavy (non-hydrogen) atoms. The van der Waals surface area contributed by atoms with Crippen LogP contribution in [0.15, 0.2) is 49.6 Å². The minimum atomic E-state index is -0.857. The Balaban J connectivity index is 2.93. The van der Waals surface area contributed by atoms with Gasteiger partial charge in [-0.3, -0.25) is 9.59 Å². The van der Waals surface area contributed by atoms with Crippen molar-refractivity contribution in [1.29, 1.82) is 0 Å². The van der Waals surface area contributed by atoms with E-state index >= 15 is 0 Å². The molecule has 9 nitrogen and oxygen atoms in total. The molecule has 0 radical (unpaired) electrons. The van der Waals surface area contributed by atoms with Crippen LogP contribution in [-0.4, -0.2) is 69.3 Å². The summed E-state index contributed by atoms with van der Waals surface area (Å²) in [4.78, 5) is 38.4. The highest BCUT2D eigenvalue weighted by atomic mass is 32.2. The first-order valence-electron chi connectivity index (χ1n) is 11.7. The second-order valence-corrected chi connectivity index (χ2v) is 9.40. The highest BCUT2D eigenvalue weighted by Gasteiger charge is 2.31. The number of carbonyl (C=O) groups is 3. The standard InChI is InChI=1S/C25H38BN3O6S/c1-6-12-34-19-10-8-18(9-11-19)14-20(26-35-16-27)23(30)29-22(17(3)4)24(31)28-21(25(32)33-5)15-36-13-7-2/h6-11,17,20-22,26H,1-2,12-16,27H2,3-5H3,(H,28,31)(H,29,30)/t20-,21-,22-/m0/s1. The van der Waals surface area contributed by atoms with E-state index in [1.165, 1.54) is 18.9 Å². The Hall–Kier alpha value is -2.76. The summed E-state index contributed by atoms with van der Waals surface area (Å²) < 4.78 is 15.7. The molecule has 0 bridgehead atoms. The van der Waals surface area contributed by atoms with Gasteiger partial charge in [0.2, 0.25) is 11.8 Å². The van der Waals surface area contributed by atoms with Gasteiger partial charge < -0.3 is 30.5 Å². The van der Waals surface area contributed by atoms with Crippen molar-refractivity contribution in [2.75, 3.05) is 32.0 Å². The maximum atomic E-state index is 13.2. The Bertz CT molecular complexity index is 853. The number of nitrogens with one attached hydrogen (secondary N) is 2. The number of methoxy groups -OCH3 is 1. The lowest BCUT2D eigenvalue weighted by Crippen LogP contribution is -2.55. The summed E-state index contributed by atoms with van der Waals surface area (Å²) in [6, 6.07) is 5.68. The van der Waals surface area contributed by atoms with E-state index in [2.05, 4.69) is 23.8 Å². The molecule has 0 heterocycles. The van der Waals surface area contributed by atoms with Crippen molar-refractivity contribution in [1.82, 2.24) is 10.6 Å². The van der Waals surface area contributed by atoms with Crippen LogP contribution in [-0.2, 0) is 30.2 Å². The van der Waals surface area contributed by atoms with Crippen molar-refractivity contribution in [2.24, 2.45) is 11.7 Å². The van der Waals surface area contributed by atoms with Crippen LogP contribution in [0.4, 0.5) is 0 Å². The maximum absolute atomic E-state index is 13.2. The lowest BCUT2D eigenvalue weighted by molar-refractivity contribution is -0.144. The lowest BCUT2D eigenvalue weighted by atomic mass is 9.75. The van der Waals surface area contributed by atoms with Crippen molar-refractivity contribution in [3.63, 3.8) is 0 Å². The third kappa shape index (κ3) is 11.3. The Kier molecular flexibility index (Phi) is 15.3. The van der Waals surface area contributed by atoms with Crippen LogP contribution in [0.5, 0.6) is 5.75 Å². The number of ether oxygens (including phenoxy) is 2. The number of amides is 2. The van der Waals surface area contributed by atoms with Gasteiger partial charge in [0, 0.05) is 17.3 Å². The van der Waals surface area contributed by atoms with Crippen molar-refractivity contribution >= 4 is 37.0 Å². The zero-order chi connectivity index (χ0) is 26.9. The smallest absolute Gasteiger partial charge is 0.329 e. The highest BCUT2D eigenvalue weighted by molar-refractivity contribution is 7.99. The molecule has 4 N–H and O–H groups in total. The van der Waals surface area contributed by atoms with Crippen LogP contribution < -0.4 is 21.1 Å². The first kappa shape index (κ1) is 31.3. The summed E-state index contributed by atoms with van der Waals surface area (Å²) in [5, 5.41) is 5.54. The molecular weight excluding hydrogens is 481 g/mol. The van der Waals surface area contributed by atoms with Crippen LogP contribution in [0.2, 0.25) is 5.82 Å². The molecule has 2 amide bonds. The van der Waals surface area contributed by atoms with E-state index < -0.39 is 29.8 Å². The first-order valence-corrected chi connectivity index (χ1v) is 12.9. The molecule has 198 valence electrons. The van der Waals surface area contributed by atoms with Crippen LogP contribution >= 0.6 is 11.8 Å². The predicted molar refractivity (Wildman–Crippen MR) is 145 cm³/mol. The number of carbonyl (C=O) groups excluding carboxylic acids is 3. The van der Waals surface area contributed by atoms with Crippen LogP contribution in [0.1, 0.15) is 19.4 Å². The topological polar surface area (TPSA) is 129 Å². The van der Waals surface area contributed by atoms with Crippen molar-refractivity contribution in [2.45, 2.75) is 38.2 Å². The first-order chi connectivity index (χ1) is 17.3. The fourth-order valence-electron chi connectivity index (χ4n) is 3.25. The largest absolute Gasteiger partial charge is 0.490 e. The summed E-state index contributed by atoms with van der Waals surface area (Å²) in [6.45, 7) is 11.3. The number of benzene rings is 1. The average Bonchev–Trinajstić information content (AvgIpc) is 2.87. The van der Waals surface area contributed by atoms with Crippen molar-refractivity contribution in [3.8, 4) is 5.75 Å². The third-order valence-corrected chi connectivity index (χ3v) is 6.19. The van der Waals surface area contributed by atoms with E-state index in [0.717, 1.165) is 5.56 Å².